The zero-order valence-electron chi connectivity index (χ0n) is 12.1. The molecule has 4 heteroatoms. The molecule has 0 heterocycles. The number of ether oxygens (including phenoxy) is 1. The van der Waals surface area contributed by atoms with Crippen molar-refractivity contribution in [1.29, 1.82) is 0 Å². The van der Waals surface area contributed by atoms with E-state index in [1.54, 1.807) is 13.8 Å². The second-order valence-electron chi connectivity index (χ2n) is 6.10. The number of aliphatic carboxylic acids is 1. The van der Waals surface area contributed by atoms with E-state index < -0.39 is 11.6 Å². The van der Waals surface area contributed by atoms with Crippen molar-refractivity contribution in [3.05, 3.63) is 29.8 Å². The summed E-state index contributed by atoms with van der Waals surface area (Å²) in [5.41, 5.74) is 6.00. The first kappa shape index (κ1) is 14.9. The fraction of sp³-hybridized carbons (Fsp3) is 0.562. The van der Waals surface area contributed by atoms with Gasteiger partial charge in [-0.05, 0) is 63.1 Å². The van der Waals surface area contributed by atoms with E-state index in [2.05, 4.69) is 0 Å². The highest BCUT2D eigenvalue weighted by Gasteiger charge is 2.29. The fourth-order valence-corrected chi connectivity index (χ4v) is 2.60. The molecule has 20 heavy (non-hydrogen) atoms. The van der Waals surface area contributed by atoms with Crippen LogP contribution in [0, 0.1) is 0 Å². The Morgan fingerprint density at radius 1 is 1.20 bits per heavy atom. The minimum absolute atomic E-state index is 0.352. The van der Waals surface area contributed by atoms with Crippen LogP contribution in [0.15, 0.2) is 24.3 Å². The molecule has 1 saturated carbocycles. The van der Waals surface area contributed by atoms with Crippen molar-refractivity contribution in [2.75, 3.05) is 0 Å². The highest BCUT2D eigenvalue weighted by Crippen LogP contribution is 2.33. The van der Waals surface area contributed by atoms with Gasteiger partial charge in [-0.3, -0.25) is 0 Å². The molecule has 0 aromatic heterocycles. The number of carboxylic acids is 1. The lowest BCUT2D eigenvalue weighted by Crippen LogP contribution is -2.37. The van der Waals surface area contributed by atoms with Gasteiger partial charge in [0.15, 0.2) is 5.60 Å². The van der Waals surface area contributed by atoms with E-state index in [4.69, 9.17) is 15.6 Å². The van der Waals surface area contributed by atoms with Crippen LogP contribution in [-0.2, 0) is 4.79 Å². The first-order valence-corrected chi connectivity index (χ1v) is 7.16. The molecule has 1 aliphatic carbocycles. The highest BCUT2D eigenvalue weighted by atomic mass is 16.5. The Morgan fingerprint density at radius 2 is 1.75 bits per heavy atom. The van der Waals surface area contributed by atoms with Crippen LogP contribution in [0.2, 0.25) is 0 Å². The molecule has 0 radical (unpaired) electrons. The topological polar surface area (TPSA) is 72.5 Å². The van der Waals surface area contributed by atoms with Gasteiger partial charge in [0, 0.05) is 6.04 Å². The van der Waals surface area contributed by atoms with Crippen LogP contribution in [0.25, 0.3) is 0 Å². The summed E-state index contributed by atoms with van der Waals surface area (Å²) < 4.78 is 5.50. The lowest BCUT2D eigenvalue weighted by Gasteiger charge is -2.27. The van der Waals surface area contributed by atoms with Gasteiger partial charge in [0.25, 0.3) is 0 Å². The van der Waals surface area contributed by atoms with Gasteiger partial charge >= 0.3 is 5.97 Å². The van der Waals surface area contributed by atoms with E-state index >= 15 is 0 Å². The molecule has 0 unspecified atom stereocenters. The minimum atomic E-state index is -1.21. The van der Waals surface area contributed by atoms with Crippen LogP contribution < -0.4 is 10.5 Å². The van der Waals surface area contributed by atoms with Gasteiger partial charge in [-0.25, -0.2) is 4.79 Å². The van der Waals surface area contributed by atoms with Gasteiger partial charge < -0.3 is 15.6 Å². The maximum atomic E-state index is 11.0. The summed E-state index contributed by atoms with van der Waals surface area (Å²) >= 11 is 0. The lowest BCUT2D eigenvalue weighted by atomic mass is 9.82. The quantitative estimate of drug-likeness (QED) is 0.887. The van der Waals surface area contributed by atoms with Gasteiger partial charge in [-0.2, -0.15) is 0 Å². The Labute approximate surface area is 119 Å². The maximum absolute atomic E-state index is 11.0. The summed E-state index contributed by atoms with van der Waals surface area (Å²) in [4.78, 5) is 11.0. The number of hydrogen-bond acceptors (Lipinski definition) is 3. The number of nitrogens with two attached hydrogens (primary N) is 1. The summed E-state index contributed by atoms with van der Waals surface area (Å²) in [7, 11) is 0. The summed E-state index contributed by atoms with van der Waals surface area (Å²) in [6.45, 7) is 3.09. The van der Waals surface area contributed by atoms with Gasteiger partial charge in [-0.1, -0.05) is 12.1 Å². The van der Waals surface area contributed by atoms with E-state index in [1.165, 1.54) is 5.56 Å². The first-order valence-electron chi connectivity index (χ1n) is 7.16. The molecule has 0 spiro atoms. The van der Waals surface area contributed by atoms with Crippen LogP contribution in [-0.4, -0.2) is 22.7 Å². The van der Waals surface area contributed by atoms with E-state index in [0.29, 0.717) is 17.7 Å². The summed E-state index contributed by atoms with van der Waals surface area (Å²) in [6, 6.07) is 8.14. The standard InChI is InChI=1S/C16H23NO3/c1-16(2,15(18)19)20-14-9-5-12(6-10-14)11-3-7-13(17)8-4-11/h5-6,9-11,13H,3-4,7-8,17H2,1-2H3,(H,18,19). The number of carboxylic acid groups (broad SMARTS) is 1. The Hall–Kier alpha value is -1.55. The Balaban J connectivity index is 2.01. The molecule has 0 aliphatic heterocycles. The molecule has 1 fully saturated rings. The van der Waals surface area contributed by atoms with Crippen LogP contribution in [0.3, 0.4) is 0 Å². The average molecular weight is 277 g/mol. The molecule has 1 aromatic carbocycles. The summed E-state index contributed by atoms with van der Waals surface area (Å²) in [5.74, 6) is 0.188. The van der Waals surface area contributed by atoms with Crippen molar-refractivity contribution in [3.8, 4) is 5.75 Å². The Bertz CT molecular complexity index is 459. The van der Waals surface area contributed by atoms with E-state index in [-0.39, 0.29) is 0 Å². The summed E-state index contributed by atoms with van der Waals surface area (Å²) in [6.07, 6.45) is 4.41. The van der Waals surface area contributed by atoms with Crippen molar-refractivity contribution >= 4 is 5.97 Å². The third-order valence-corrected chi connectivity index (χ3v) is 4.01. The molecular formula is C16H23NO3. The minimum Gasteiger partial charge on any atom is -0.478 e. The van der Waals surface area contributed by atoms with Crippen molar-refractivity contribution in [3.63, 3.8) is 0 Å². The number of carbonyl (C=O) groups is 1. The van der Waals surface area contributed by atoms with Crippen molar-refractivity contribution in [1.82, 2.24) is 0 Å². The van der Waals surface area contributed by atoms with E-state index in [0.717, 1.165) is 25.7 Å². The molecule has 4 nitrogen and oxygen atoms in total. The van der Waals surface area contributed by atoms with Gasteiger partial charge in [0.1, 0.15) is 5.75 Å². The van der Waals surface area contributed by atoms with Crippen LogP contribution in [0.4, 0.5) is 0 Å². The molecule has 3 N–H and O–H groups in total. The first-order chi connectivity index (χ1) is 9.38. The number of hydrogen-bond donors (Lipinski definition) is 2. The molecule has 1 aliphatic rings. The zero-order valence-corrected chi connectivity index (χ0v) is 12.1. The SMILES string of the molecule is CC(C)(Oc1ccc(C2CCC(N)CC2)cc1)C(=O)O. The second kappa shape index (κ2) is 5.83. The normalized spacial score (nSPS) is 23.4. The fourth-order valence-electron chi connectivity index (χ4n) is 2.60. The highest BCUT2D eigenvalue weighted by molar-refractivity contribution is 5.76. The van der Waals surface area contributed by atoms with Crippen LogP contribution in [0.1, 0.15) is 51.0 Å². The largest absolute Gasteiger partial charge is 0.478 e. The van der Waals surface area contributed by atoms with Gasteiger partial charge in [-0.15, -0.1) is 0 Å². The third kappa shape index (κ3) is 3.51. The predicted octanol–water partition coefficient (Wildman–Crippen LogP) is 2.91. The van der Waals surface area contributed by atoms with Crippen molar-refractivity contribution in [2.45, 2.75) is 57.1 Å². The second-order valence-corrected chi connectivity index (χ2v) is 6.10. The average Bonchev–Trinajstić information content (AvgIpc) is 2.40. The van der Waals surface area contributed by atoms with E-state index in [1.807, 2.05) is 24.3 Å². The van der Waals surface area contributed by atoms with Crippen LogP contribution in [0.5, 0.6) is 5.75 Å². The Morgan fingerprint density at radius 3 is 2.25 bits per heavy atom. The maximum Gasteiger partial charge on any atom is 0.347 e. The molecular weight excluding hydrogens is 254 g/mol. The molecule has 110 valence electrons. The molecule has 0 bridgehead atoms. The van der Waals surface area contributed by atoms with Crippen molar-refractivity contribution in [2.24, 2.45) is 5.73 Å². The Kier molecular flexibility index (Phi) is 4.33. The monoisotopic (exact) mass is 277 g/mol. The summed E-state index contributed by atoms with van der Waals surface area (Å²) in [5, 5.41) is 9.05. The predicted molar refractivity (Wildman–Crippen MR) is 78.0 cm³/mol. The van der Waals surface area contributed by atoms with Crippen LogP contribution >= 0.6 is 0 Å². The van der Waals surface area contributed by atoms with Crippen molar-refractivity contribution < 1.29 is 14.6 Å². The zero-order chi connectivity index (χ0) is 14.8. The molecule has 1 aromatic rings. The number of rotatable bonds is 4. The smallest absolute Gasteiger partial charge is 0.347 e. The third-order valence-electron chi connectivity index (χ3n) is 4.01. The van der Waals surface area contributed by atoms with Gasteiger partial charge in [0.05, 0.1) is 0 Å². The lowest BCUT2D eigenvalue weighted by molar-refractivity contribution is -0.152. The molecule has 2 rings (SSSR count). The molecule has 0 amide bonds. The molecule has 0 saturated heterocycles. The van der Waals surface area contributed by atoms with Gasteiger partial charge in [0.2, 0.25) is 0 Å². The van der Waals surface area contributed by atoms with E-state index in [9.17, 15) is 4.79 Å². The molecule has 0 atom stereocenters. The number of benzene rings is 1.